The first-order valence-corrected chi connectivity index (χ1v) is 11.8. The van der Waals surface area contributed by atoms with Crippen molar-refractivity contribution in [3.8, 4) is 0 Å². The van der Waals surface area contributed by atoms with Gasteiger partial charge in [-0.1, -0.05) is 96.8 Å². The predicted molar refractivity (Wildman–Crippen MR) is 112 cm³/mol. The highest BCUT2D eigenvalue weighted by Gasteiger charge is 2.23. The topological polar surface area (TPSA) is 17.1 Å². The first-order chi connectivity index (χ1) is 12.2. The minimum Gasteiger partial charge on any atom is -0.300 e. The highest BCUT2D eigenvalue weighted by atomic mass is 35.5. The third-order valence-electron chi connectivity index (χ3n) is 5.89. The van der Waals surface area contributed by atoms with Gasteiger partial charge in [0.2, 0.25) is 0 Å². The molecule has 1 nitrogen and oxygen atoms in total. The molecule has 1 aliphatic carbocycles. The van der Waals surface area contributed by atoms with E-state index in [1.54, 1.807) is 0 Å². The van der Waals surface area contributed by atoms with Crippen molar-refractivity contribution in [2.75, 3.05) is 0 Å². The first-order valence-electron chi connectivity index (χ1n) is 11.4. The molecule has 0 aromatic rings. The number of alkyl halides is 1. The van der Waals surface area contributed by atoms with Crippen LogP contribution in [0.4, 0.5) is 0 Å². The van der Waals surface area contributed by atoms with Crippen LogP contribution in [0.25, 0.3) is 0 Å². The second kappa shape index (κ2) is 16.2. The van der Waals surface area contributed by atoms with Crippen LogP contribution >= 0.6 is 11.6 Å². The molecule has 0 heterocycles. The van der Waals surface area contributed by atoms with Crippen LogP contribution < -0.4 is 0 Å². The lowest BCUT2D eigenvalue weighted by Crippen LogP contribution is -2.21. The molecule has 1 atom stereocenters. The number of halogens is 1. The monoisotopic (exact) mass is 370 g/mol. The van der Waals surface area contributed by atoms with E-state index in [0.717, 1.165) is 12.8 Å². The second-order valence-corrected chi connectivity index (χ2v) is 8.86. The number of carbonyl (C=O) groups is 1. The Kier molecular flexibility index (Phi) is 14.9. The lowest BCUT2D eigenvalue weighted by Gasteiger charge is -2.25. The van der Waals surface area contributed by atoms with Gasteiger partial charge in [-0.3, -0.25) is 4.79 Å². The van der Waals surface area contributed by atoms with Gasteiger partial charge >= 0.3 is 0 Å². The van der Waals surface area contributed by atoms with Crippen molar-refractivity contribution >= 4 is 17.4 Å². The summed E-state index contributed by atoms with van der Waals surface area (Å²) < 4.78 is 0. The van der Waals surface area contributed by atoms with Crippen molar-refractivity contribution in [3.05, 3.63) is 0 Å². The van der Waals surface area contributed by atoms with Crippen molar-refractivity contribution in [1.82, 2.24) is 0 Å². The summed E-state index contributed by atoms with van der Waals surface area (Å²) in [5.74, 6) is 0.999. The second-order valence-electron chi connectivity index (χ2n) is 8.30. The van der Waals surface area contributed by atoms with Gasteiger partial charge in [-0.25, -0.2) is 0 Å². The SMILES string of the molecule is CCCCCCCCCCCCCCC(=O)CC(Cl)C1CCCCC1. The molecule has 1 fully saturated rings. The molecular formula is C23H43ClO. The zero-order chi connectivity index (χ0) is 18.2. The Labute approximate surface area is 162 Å². The quantitative estimate of drug-likeness (QED) is 0.197. The van der Waals surface area contributed by atoms with Crippen molar-refractivity contribution in [2.24, 2.45) is 5.92 Å². The summed E-state index contributed by atoms with van der Waals surface area (Å²) in [4.78, 5) is 12.1. The van der Waals surface area contributed by atoms with E-state index in [-0.39, 0.29) is 5.38 Å². The molecule has 1 rings (SSSR count). The molecule has 0 saturated heterocycles. The fourth-order valence-corrected chi connectivity index (χ4v) is 4.57. The van der Waals surface area contributed by atoms with Crippen LogP contribution in [0.5, 0.6) is 0 Å². The maximum absolute atomic E-state index is 12.1. The number of hydrogen-bond donors (Lipinski definition) is 0. The molecule has 1 saturated carbocycles. The Balaban J connectivity index is 1.84. The molecule has 0 bridgehead atoms. The molecule has 2 heteroatoms. The molecular weight excluding hydrogens is 328 g/mol. The lowest BCUT2D eigenvalue weighted by atomic mass is 9.85. The standard InChI is InChI=1S/C23H43ClO/c1-2-3-4-5-6-7-8-9-10-11-12-16-19-22(25)20-23(24)21-17-14-13-15-18-21/h21,23H,2-20H2,1H3. The molecule has 25 heavy (non-hydrogen) atoms. The highest BCUT2D eigenvalue weighted by molar-refractivity contribution is 6.22. The summed E-state index contributed by atoms with van der Waals surface area (Å²) in [7, 11) is 0. The van der Waals surface area contributed by atoms with Gasteiger partial charge < -0.3 is 0 Å². The van der Waals surface area contributed by atoms with Crippen LogP contribution in [0, 0.1) is 5.92 Å². The van der Waals surface area contributed by atoms with E-state index >= 15 is 0 Å². The summed E-state index contributed by atoms with van der Waals surface area (Å²) in [5.41, 5.74) is 0. The zero-order valence-electron chi connectivity index (χ0n) is 16.9. The molecule has 0 N–H and O–H groups in total. The molecule has 1 aliphatic rings. The smallest absolute Gasteiger partial charge is 0.134 e. The summed E-state index contributed by atoms with van der Waals surface area (Å²) in [6, 6.07) is 0. The van der Waals surface area contributed by atoms with Crippen LogP contribution in [0.3, 0.4) is 0 Å². The molecule has 0 aromatic carbocycles. The molecule has 0 radical (unpaired) electrons. The van der Waals surface area contributed by atoms with E-state index in [9.17, 15) is 4.79 Å². The fourth-order valence-electron chi connectivity index (χ4n) is 4.15. The van der Waals surface area contributed by atoms with Gasteiger partial charge in [0.15, 0.2) is 0 Å². The average Bonchev–Trinajstić information content (AvgIpc) is 2.63. The molecule has 148 valence electrons. The van der Waals surface area contributed by atoms with Gasteiger partial charge in [0.05, 0.1) is 0 Å². The number of ketones is 1. The Morgan fingerprint density at radius 3 is 1.80 bits per heavy atom. The molecule has 0 aliphatic heterocycles. The Morgan fingerprint density at radius 2 is 1.28 bits per heavy atom. The van der Waals surface area contributed by atoms with E-state index in [1.165, 1.54) is 103 Å². The van der Waals surface area contributed by atoms with Crippen LogP contribution in [0.2, 0.25) is 0 Å². The average molecular weight is 371 g/mol. The normalized spacial score (nSPS) is 16.9. The Morgan fingerprint density at radius 1 is 0.800 bits per heavy atom. The fraction of sp³-hybridized carbons (Fsp3) is 0.957. The van der Waals surface area contributed by atoms with Crippen molar-refractivity contribution in [3.63, 3.8) is 0 Å². The van der Waals surface area contributed by atoms with Crippen LogP contribution in [-0.4, -0.2) is 11.2 Å². The zero-order valence-corrected chi connectivity index (χ0v) is 17.6. The highest BCUT2D eigenvalue weighted by Crippen LogP contribution is 2.31. The number of Topliss-reactive ketones (excluding diaryl/α,β-unsaturated/α-hetero) is 1. The van der Waals surface area contributed by atoms with Crippen molar-refractivity contribution in [2.45, 2.75) is 134 Å². The Hall–Kier alpha value is -0.0400. The number of rotatable bonds is 16. The van der Waals surface area contributed by atoms with Gasteiger partial charge in [0.25, 0.3) is 0 Å². The van der Waals surface area contributed by atoms with Crippen LogP contribution in [0.15, 0.2) is 0 Å². The van der Waals surface area contributed by atoms with Crippen LogP contribution in [0.1, 0.15) is 129 Å². The van der Waals surface area contributed by atoms with Crippen LogP contribution in [-0.2, 0) is 4.79 Å². The molecule has 0 amide bonds. The third-order valence-corrected chi connectivity index (χ3v) is 6.40. The van der Waals surface area contributed by atoms with E-state index in [1.807, 2.05) is 0 Å². The predicted octanol–water partition coefficient (Wildman–Crippen LogP) is 8.22. The maximum atomic E-state index is 12.1. The maximum Gasteiger partial charge on any atom is 0.134 e. The molecule has 0 aromatic heterocycles. The van der Waals surface area contributed by atoms with Gasteiger partial charge in [-0.05, 0) is 25.2 Å². The van der Waals surface area contributed by atoms with E-state index in [2.05, 4.69) is 6.92 Å². The lowest BCUT2D eigenvalue weighted by molar-refractivity contribution is -0.119. The third kappa shape index (κ3) is 12.9. The van der Waals surface area contributed by atoms with Gasteiger partial charge in [-0.15, -0.1) is 11.6 Å². The van der Waals surface area contributed by atoms with E-state index in [4.69, 9.17) is 11.6 Å². The van der Waals surface area contributed by atoms with E-state index in [0.29, 0.717) is 18.1 Å². The number of hydrogen-bond acceptors (Lipinski definition) is 1. The summed E-state index contributed by atoms with van der Waals surface area (Å²) in [5, 5.41) is 0.102. The summed E-state index contributed by atoms with van der Waals surface area (Å²) in [6.07, 6.45) is 24.0. The van der Waals surface area contributed by atoms with Gasteiger partial charge in [-0.2, -0.15) is 0 Å². The Bertz CT molecular complexity index is 309. The minimum absolute atomic E-state index is 0.102. The largest absolute Gasteiger partial charge is 0.300 e. The molecule has 1 unspecified atom stereocenters. The van der Waals surface area contributed by atoms with Gasteiger partial charge in [0, 0.05) is 18.2 Å². The molecule has 0 spiro atoms. The minimum atomic E-state index is 0.102. The summed E-state index contributed by atoms with van der Waals surface area (Å²) in [6.45, 7) is 2.28. The number of carbonyl (C=O) groups excluding carboxylic acids is 1. The number of unbranched alkanes of at least 4 members (excludes halogenated alkanes) is 11. The first kappa shape index (κ1) is 23.0. The van der Waals surface area contributed by atoms with Crippen molar-refractivity contribution in [1.29, 1.82) is 0 Å². The summed E-state index contributed by atoms with van der Waals surface area (Å²) >= 11 is 6.48. The van der Waals surface area contributed by atoms with E-state index < -0.39 is 0 Å². The van der Waals surface area contributed by atoms with Crippen molar-refractivity contribution < 1.29 is 4.79 Å². The van der Waals surface area contributed by atoms with Gasteiger partial charge in [0.1, 0.15) is 5.78 Å².